The highest BCUT2D eigenvalue weighted by Crippen LogP contribution is 2.32. The molecule has 5 heteroatoms. The van der Waals surface area contributed by atoms with Gasteiger partial charge in [0.25, 0.3) is 5.97 Å². The minimum absolute atomic E-state index is 0.00548. The summed E-state index contributed by atoms with van der Waals surface area (Å²) in [5.41, 5.74) is 2.39. The Kier molecular flexibility index (Phi) is 4.92. The number of fused-ring (bicyclic) bond motifs is 3. The van der Waals surface area contributed by atoms with E-state index in [0.717, 1.165) is 31.2 Å². The lowest BCUT2D eigenvalue weighted by Crippen LogP contribution is -2.26. The van der Waals surface area contributed by atoms with Crippen molar-refractivity contribution in [2.45, 2.75) is 44.5 Å². The number of pyridine rings is 1. The van der Waals surface area contributed by atoms with Crippen LogP contribution < -0.4 is 0 Å². The van der Waals surface area contributed by atoms with Gasteiger partial charge in [0.15, 0.2) is 0 Å². The molecule has 0 atom stereocenters. The Balaban J connectivity index is 1.57. The van der Waals surface area contributed by atoms with E-state index >= 15 is 0 Å². The van der Waals surface area contributed by atoms with Gasteiger partial charge in [-0.2, -0.15) is 0 Å². The maximum atomic E-state index is 8.83. The average molecular weight is 331 g/mol. The second-order valence-electron chi connectivity index (χ2n) is 5.97. The number of aryl methyl sites for hydroxylation is 1. The van der Waals surface area contributed by atoms with Crippen molar-refractivity contribution in [3.63, 3.8) is 0 Å². The molecule has 0 saturated heterocycles. The van der Waals surface area contributed by atoms with Crippen LogP contribution in [0.4, 0.5) is 0 Å². The second kappa shape index (κ2) is 6.93. The van der Waals surface area contributed by atoms with E-state index in [1.807, 2.05) is 12.3 Å². The molecular weight excluding hydrogens is 310 g/mol. The SMILES string of the molecule is OC(O)(O)CCCCCCc1ccc2sc3cccnc3c2c1. The fourth-order valence-electron chi connectivity index (χ4n) is 2.85. The van der Waals surface area contributed by atoms with Gasteiger partial charge in [-0.05, 0) is 49.1 Å². The normalized spacial score (nSPS) is 12.3. The smallest absolute Gasteiger partial charge is 0.275 e. The van der Waals surface area contributed by atoms with Crippen molar-refractivity contribution in [1.82, 2.24) is 4.98 Å². The van der Waals surface area contributed by atoms with E-state index in [0.29, 0.717) is 6.42 Å². The number of aromatic nitrogens is 1. The Bertz CT molecular complexity index is 792. The van der Waals surface area contributed by atoms with Crippen LogP contribution in [0.5, 0.6) is 0 Å². The molecule has 0 aliphatic carbocycles. The Morgan fingerprint density at radius 3 is 2.61 bits per heavy atom. The van der Waals surface area contributed by atoms with Gasteiger partial charge in [-0.1, -0.05) is 18.9 Å². The zero-order valence-corrected chi connectivity index (χ0v) is 13.7. The first-order valence-corrected chi connectivity index (χ1v) is 8.78. The first-order chi connectivity index (χ1) is 11.0. The van der Waals surface area contributed by atoms with Crippen molar-refractivity contribution in [2.75, 3.05) is 0 Å². The topological polar surface area (TPSA) is 73.6 Å². The van der Waals surface area contributed by atoms with Crippen molar-refractivity contribution in [2.24, 2.45) is 0 Å². The molecule has 0 bridgehead atoms. The van der Waals surface area contributed by atoms with E-state index in [9.17, 15) is 0 Å². The number of hydrogen-bond donors (Lipinski definition) is 3. The van der Waals surface area contributed by atoms with Crippen LogP contribution in [0.3, 0.4) is 0 Å². The molecule has 0 spiro atoms. The van der Waals surface area contributed by atoms with Gasteiger partial charge < -0.3 is 15.3 Å². The van der Waals surface area contributed by atoms with Crippen LogP contribution in [-0.2, 0) is 6.42 Å². The number of aliphatic hydroxyl groups is 3. The molecular formula is C18H21NO3S. The maximum absolute atomic E-state index is 8.83. The molecule has 0 aliphatic rings. The van der Waals surface area contributed by atoms with Crippen LogP contribution in [0, 0.1) is 0 Å². The largest absolute Gasteiger partial charge is 0.344 e. The van der Waals surface area contributed by atoms with Gasteiger partial charge in [-0.15, -0.1) is 11.3 Å². The molecule has 3 aromatic rings. The lowest BCUT2D eigenvalue weighted by molar-refractivity contribution is -0.315. The minimum atomic E-state index is -2.52. The summed E-state index contributed by atoms with van der Waals surface area (Å²) in [6.07, 6.45) is 6.40. The summed E-state index contributed by atoms with van der Waals surface area (Å²) in [6, 6.07) is 10.7. The van der Waals surface area contributed by atoms with E-state index in [4.69, 9.17) is 15.3 Å². The molecule has 0 radical (unpaired) electrons. The summed E-state index contributed by atoms with van der Waals surface area (Å²) in [7, 11) is 0. The van der Waals surface area contributed by atoms with Crippen LogP contribution in [0.2, 0.25) is 0 Å². The van der Waals surface area contributed by atoms with Crippen LogP contribution in [0.1, 0.15) is 37.7 Å². The van der Waals surface area contributed by atoms with Gasteiger partial charge in [0.05, 0.1) is 10.2 Å². The van der Waals surface area contributed by atoms with Gasteiger partial charge in [0.2, 0.25) is 0 Å². The fraction of sp³-hybridized carbons (Fsp3) is 0.389. The first-order valence-electron chi connectivity index (χ1n) is 7.96. The molecule has 3 N–H and O–H groups in total. The van der Waals surface area contributed by atoms with Gasteiger partial charge in [-0.3, -0.25) is 4.98 Å². The molecule has 0 aliphatic heterocycles. The van der Waals surface area contributed by atoms with Crippen LogP contribution in [-0.4, -0.2) is 26.3 Å². The van der Waals surface area contributed by atoms with Crippen molar-refractivity contribution in [3.8, 4) is 0 Å². The fourth-order valence-corrected chi connectivity index (χ4v) is 3.89. The molecule has 2 heterocycles. The van der Waals surface area contributed by atoms with Crippen molar-refractivity contribution in [1.29, 1.82) is 0 Å². The molecule has 1 aromatic carbocycles. The first kappa shape index (κ1) is 16.3. The molecule has 0 amide bonds. The van der Waals surface area contributed by atoms with E-state index < -0.39 is 5.97 Å². The van der Waals surface area contributed by atoms with Gasteiger partial charge in [0, 0.05) is 22.7 Å². The standard InChI is InChI=1S/C18H21NO3S/c20-18(21,22)10-4-2-1-3-6-13-8-9-15-14(12-13)17-16(23-15)7-5-11-19-17/h5,7-9,11-12,20-22H,1-4,6,10H2. The van der Waals surface area contributed by atoms with Crippen LogP contribution >= 0.6 is 11.3 Å². The molecule has 23 heavy (non-hydrogen) atoms. The Morgan fingerprint density at radius 2 is 1.78 bits per heavy atom. The molecule has 0 unspecified atom stereocenters. The molecule has 3 rings (SSSR count). The van der Waals surface area contributed by atoms with Gasteiger partial charge in [-0.25, -0.2) is 0 Å². The van der Waals surface area contributed by atoms with Crippen LogP contribution in [0.15, 0.2) is 36.5 Å². The maximum Gasteiger partial charge on any atom is 0.275 e. The molecule has 2 aromatic heterocycles. The number of unbranched alkanes of at least 4 members (excludes halogenated alkanes) is 3. The summed E-state index contributed by atoms with van der Waals surface area (Å²) in [6.45, 7) is 0. The number of hydrogen-bond acceptors (Lipinski definition) is 5. The molecule has 122 valence electrons. The van der Waals surface area contributed by atoms with E-state index in [2.05, 4.69) is 29.2 Å². The van der Waals surface area contributed by atoms with Gasteiger partial charge >= 0.3 is 0 Å². The molecule has 0 fully saturated rings. The summed E-state index contributed by atoms with van der Waals surface area (Å²) in [5, 5.41) is 27.7. The zero-order valence-electron chi connectivity index (χ0n) is 12.9. The van der Waals surface area contributed by atoms with Gasteiger partial charge in [0.1, 0.15) is 0 Å². The number of rotatable bonds is 7. The summed E-state index contributed by atoms with van der Waals surface area (Å²) in [5.74, 6) is -2.52. The predicted octanol–water partition coefficient (Wildman–Crippen LogP) is 3.57. The highest BCUT2D eigenvalue weighted by molar-refractivity contribution is 7.25. The number of benzene rings is 1. The third kappa shape index (κ3) is 4.26. The Labute approximate surface area is 139 Å². The van der Waals surface area contributed by atoms with E-state index in [-0.39, 0.29) is 6.42 Å². The van der Waals surface area contributed by atoms with E-state index in [1.54, 1.807) is 11.3 Å². The quantitative estimate of drug-likeness (QED) is 0.457. The number of thiophene rings is 1. The highest BCUT2D eigenvalue weighted by atomic mass is 32.1. The zero-order chi connectivity index (χ0) is 16.3. The predicted molar refractivity (Wildman–Crippen MR) is 93.3 cm³/mol. The summed E-state index contributed by atoms with van der Waals surface area (Å²) >= 11 is 1.77. The van der Waals surface area contributed by atoms with Crippen LogP contribution in [0.25, 0.3) is 20.3 Å². The van der Waals surface area contributed by atoms with Crippen molar-refractivity contribution in [3.05, 3.63) is 42.1 Å². The third-order valence-corrected chi connectivity index (χ3v) is 5.14. The average Bonchev–Trinajstić information content (AvgIpc) is 2.88. The third-order valence-electron chi connectivity index (χ3n) is 4.02. The van der Waals surface area contributed by atoms with Crippen molar-refractivity contribution >= 4 is 31.6 Å². The second-order valence-corrected chi connectivity index (χ2v) is 7.06. The highest BCUT2D eigenvalue weighted by Gasteiger charge is 2.16. The molecule has 4 nitrogen and oxygen atoms in total. The monoisotopic (exact) mass is 331 g/mol. The Hall–Kier alpha value is -1.53. The number of nitrogens with zero attached hydrogens (tertiary/aromatic N) is 1. The van der Waals surface area contributed by atoms with E-state index in [1.165, 1.54) is 20.3 Å². The lowest BCUT2D eigenvalue weighted by Gasteiger charge is -2.12. The van der Waals surface area contributed by atoms with Crippen molar-refractivity contribution < 1.29 is 15.3 Å². The minimum Gasteiger partial charge on any atom is -0.344 e. The Morgan fingerprint density at radius 1 is 0.957 bits per heavy atom. The molecule has 0 saturated carbocycles. The lowest BCUT2D eigenvalue weighted by atomic mass is 10.0. The summed E-state index contributed by atoms with van der Waals surface area (Å²) in [4.78, 5) is 4.49. The summed E-state index contributed by atoms with van der Waals surface area (Å²) < 4.78 is 2.49.